The molecule has 2 rings (SSSR count). The molecule has 5 heteroatoms. The standard InChI is InChI=1S/C17H22N2O3/c1-6-13-7-14(16(21)22)15(18-8-13)11(4)19-17(12(5)20)9(2)10(17)3/h7-10H,6H2,1-5H3,(H,21,22). The van der Waals surface area contributed by atoms with Gasteiger partial charge in [0.15, 0.2) is 5.78 Å². The third-order valence-electron chi connectivity index (χ3n) is 4.87. The molecule has 2 atom stereocenters. The van der Waals surface area contributed by atoms with Gasteiger partial charge in [0.05, 0.1) is 17.0 Å². The van der Waals surface area contributed by atoms with Gasteiger partial charge in [-0.25, -0.2) is 4.79 Å². The highest BCUT2D eigenvalue weighted by molar-refractivity contribution is 6.07. The molecule has 1 fully saturated rings. The fourth-order valence-corrected chi connectivity index (χ4v) is 3.16. The number of nitrogens with zero attached hydrogens (tertiary/aromatic N) is 2. The van der Waals surface area contributed by atoms with E-state index in [1.807, 2.05) is 20.8 Å². The number of carbonyl (C=O) groups is 2. The van der Waals surface area contributed by atoms with E-state index in [2.05, 4.69) is 9.98 Å². The summed E-state index contributed by atoms with van der Waals surface area (Å²) in [5, 5.41) is 9.40. The van der Waals surface area contributed by atoms with E-state index in [-0.39, 0.29) is 23.2 Å². The lowest BCUT2D eigenvalue weighted by Gasteiger charge is -2.12. The van der Waals surface area contributed by atoms with E-state index in [4.69, 9.17) is 0 Å². The van der Waals surface area contributed by atoms with Gasteiger partial charge in [-0.15, -0.1) is 0 Å². The van der Waals surface area contributed by atoms with E-state index >= 15 is 0 Å². The number of hydrogen-bond acceptors (Lipinski definition) is 4. The molecule has 2 unspecified atom stereocenters. The number of carbonyl (C=O) groups excluding carboxylic acids is 1. The van der Waals surface area contributed by atoms with Crippen LogP contribution in [0.5, 0.6) is 0 Å². The Kier molecular flexibility index (Phi) is 4.18. The van der Waals surface area contributed by atoms with Crippen LogP contribution in [0.3, 0.4) is 0 Å². The van der Waals surface area contributed by atoms with Crippen molar-refractivity contribution in [2.45, 2.75) is 46.6 Å². The first-order chi connectivity index (χ1) is 10.3. The number of rotatable bonds is 5. The molecule has 0 aliphatic heterocycles. The number of aryl methyl sites for hydroxylation is 1. The molecule has 1 aromatic rings. The van der Waals surface area contributed by atoms with Crippen LogP contribution in [0.2, 0.25) is 0 Å². The molecule has 1 aromatic heterocycles. The van der Waals surface area contributed by atoms with Crippen molar-refractivity contribution >= 4 is 17.5 Å². The Bertz CT molecular complexity index is 656. The molecule has 22 heavy (non-hydrogen) atoms. The van der Waals surface area contributed by atoms with Crippen molar-refractivity contribution in [3.05, 3.63) is 29.1 Å². The van der Waals surface area contributed by atoms with Crippen molar-refractivity contribution in [2.24, 2.45) is 16.8 Å². The molecule has 1 heterocycles. The molecular formula is C17H22N2O3. The second-order valence-corrected chi connectivity index (χ2v) is 6.05. The summed E-state index contributed by atoms with van der Waals surface area (Å²) < 4.78 is 0. The zero-order valence-electron chi connectivity index (χ0n) is 13.7. The normalized spacial score (nSPS) is 27.6. The number of ketones is 1. The summed E-state index contributed by atoms with van der Waals surface area (Å²) in [7, 11) is 0. The highest BCUT2D eigenvalue weighted by Gasteiger charge is 2.63. The van der Waals surface area contributed by atoms with Crippen molar-refractivity contribution in [3.8, 4) is 0 Å². The van der Waals surface area contributed by atoms with Gasteiger partial charge >= 0.3 is 5.97 Å². The average Bonchev–Trinajstić information content (AvgIpc) is 3.00. The second kappa shape index (κ2) is 5.63. The number of hydrogen-bond donors (Lipinski definition) is 1. The molecule has 0 bridgehead atoms. The lowest BCUT2D eigenvalue weighted by atomic mass is 10.0. The molecule has 1 aliphatic carbocycles. The maximum atomic E-state index is 12.0. The largest absolute Gasteiger partial charge is 0.478 e. The van der Waals surface area contributed by atoms with E-state index in [0.717, 1.165) is 12.0 Å². The van der Waals surface area contributed by atoms with Crippen LogP contribution in [0.4, 0.5) is 0 Å². The molecule has 5 nitrogen and oxygen atoms in total. The summed E-state index contributed by atoms with van der Waals surface area (Å²) in [6, 6.07) is 1.63. The predicted octanol–water partition coefficient (Wildman–Crippen LogP) is 2.76. The summed E-state index contributed by atoms with van der Waals surface area (Å²) in [6.07, 6.45) is 2.39. The topological polar surface area (TPSA) is 79.6 Å². The zero-order valence-corrected chi connectivity index (χ0v) is 13.7. The van der Waals surface area contributed by atoms with E-state index in [1.54, 1.807) is 26.1 Å². The van der Waals surface area contributed by atoms with Crippen molar-refractivity contribution < 1.29 is 14.7 Å². The van der Waals surface area contributed by atoms with Crippen LogP contribution >= 0.6 is 0 Å². The van der Waals surface area contributed by atoms with E-state index < -0.39 is 11.5 Å². The third kappa shape index (κ3) is 2.45. The number of aromatic carboxylic acids is 1. The lowest BCUT2D eigenvalue weighted by Crippen LogP contribution is -2.24. The molecule has 1 aliphatic rings. The first-order valence-corrected chi connectivity index (χ1v) is 7.55. The number of aliphatic imine (C=N–C) groups is 1. The van der Waals surface area contributed by atoms with Crippen LogP contribution in [0, 0.1) is 11.8 Å². The molecule has 1 N–H and O–H groups in total. The van der Waals surface area contributed by atoms with Gasteiger partial charge in [-0.3, -0.25) is 14.8 Å². The van der Waals surface area contributed by atoms with Crippen molar-refractivity contribution in [1.82, 2.24) is 4.98 Å². The van der Waals surface area contributed by atoms with Crippen molar-refractivity contribution in [1.29, 1.82) is 0 Å². The van der Waals surface area contributed by atoms with Gasteiger partial charge in [0.1, 0.15) is 5.54 Å². The number of carboxylic acid groups (broad SMARTS) is 1. The van der Waals surface area contributed by atoms with Crippen molar-refractivity contribution in [3.63, 3.8) is 0 Å². The number of aromatic nitrogens is 1. The van der Waals surface area contributed by atoms with Crippen LogP contribution in [-0.4, -0.2) is 33.1 Å². The highest BCUT2D eigenvalue weighted by Crippen LogP contribution is 2.54. The zero-order chi connectivity index (χ0) is 16.7. The second-order valence-electron chi connectivity index (χ2n) is 6.05. The Labute approximate surface area is 130 Å². The number of Topliss-reactive ketones (excluding diaryl/α,β-unsaturated/α-hetero) is 1. The maximum Gasteiger partial charge on any atom is 0.337 e. The van der Waals surface area contributed by atoms with Gasteiger partial charge in [-0.1, -0.05) is 20.8 Å². The summed E-state index contributed by atoms with van der Waals surface area (Å²) in [6.45, 7) is 9.20. The lowest BCUT2D eigenvalue weighted by molar-refractivity contribution is -0.119. The van der Waals surface area contributed by atoms with Gasteiger partial charge in [0.2, 0.25) is 0 Å². The van der Waals surface area contributed by atoms with Gasteiger partial charge < -0.3 is 5.11 Å². The van der Waals surface area contributed by atoms with Crippen LogP contribution in [-0.2, 0) is 11.2 Å². The van der Waals surface area contributed by atoms with E-state index in [1.165, 1.54) is 0 Å². The molecule has 0 spiro atoms. The molecule has 0 aromatic carbocycles. The van der Waals surface area contributed by atoms with Crippen LogP contribution in [0.15, 0.2) is 17.3 Å². The summed E-state index contributed by atoms with van der Waals surface area (Å²) in [5.74, 6) is -0.665. The predicted molar refractivity (Wildman–Crippen MR) is 84.5 cm³/mol. The molecular weight excluding hydrogens is 280 g/mol. The minimum atomic E-state index is -1.03. The first kappa shape index (κ1) is 16.3. The van der Waals surface area contributed by atoms with Gasteiger partial charge in [-0.2, -0.15) is 0 Å². The minimum Gasteiger partial charge on any atom is -0.478 e. The highest BCUT2D eigenvalue weighted by atomic mass is 16.4. The molecule has 1 saturated carbocycles. The Morgan fingerprint density at radius 1 is 1.32 bits per heavy atom. The SMILES string of the molecule is CCc1cnc(C(C)=NC2(C(C)=O)C(C)C2C)c(C(=O)O)c1. The molecule has 0 radical (unpaired) electrons. The van der Waals surface area contributed by atoms with Gasteiger partial charge in [0.25, 0.3) is 0 Å². The van der Waals surface area contributed by atoms with E-state index in [0.29, 0.717) is 11.4 Å². The summed E-state index contributed by atoms with van der Waals surface area (Å²) in [4.78, 5) is 32.3. The Morgan fingerprint density at radius 3 is 2.32 bits per heavy atom. The summed E-state index contributed by atoms with van der Waals surface area (Å²) >= 11 is 0. The maximum absolute atomic E-state index is 12.0. The smallest absolute Gasteiger partial charge is 0.337 e. The summed E-state index contributed by atoms with van der Waals surface area (Å²) in [5.41, 5.74) is 1.14. The quantitative estimate of drug-likeness (QED) is 0.848. The van der Waals surface area contributed by atoms with Gasteiger partial charge in [0, 0.05) is 6.20 Å². The van der Waals surface area contributed by atoms with Crippen LogP contribution < -0.4 is 0 Å². The fourth-order valence-electron chi connectivity index (χ4n) is 3.16. The first-order valence-electron chi connectivity index (χ1n) is 7.55. The molecule has 118 valence electrons. The number of pyridine rings is 1. The molecule has 0 amide bonds. The Balaban J connectivity index is 2.50. The Hall–Kier alpha value is -2.04. The van der Waals surface area contributed by atoms with Crippen molar-refractivity contribution in [2.75, 3.05) is 0 Å². The van der Waals surface area contributed by atoms with Gasteiger partial charge in [-0.05, 0) is 43.7 Å². The van der Waals surface area contributed by atoms with Crippen LogP contribution in [0.1, 0.15) is 56.2 Å². The average molecular weight is 302 g/mol. The monoisotopic (exact) mass is 302 g/mol. The molecule has 0 saturated heterocycles. The number of carboxylic acids is 1. The third-order valence-corrected chi connectivity index (χ3v) is 4.87. The van der Waals surface area contributed by atoms with E-state index in [9.17, 15) is 14.7 Å². The fraction of sp³-hybridized carbons (Fsp3) is 0.529. The van der Waals surface area contributed by atoms with Crippen LogP contribution in [0.25, 0.3) is 0 Å². The Morgan fingerprint density at radius 2 is 1.91 bits per heavy atom. The minimum absolute atomic E-state index is 0.0221.